The second-order valence-corrected chi connectivity index (χ2v) is 4.49. The van der Waals surface area contributed by atoms with E-state index in [1.165, 1.54) is 37.7 Å². The molecule has 0 radical (unpaired) electrons. The zero-order valence-corrected chi connectivity index (χ0v) is 9.25. The number of fused-ring (bicyclic) bond motifs is 1. The molecule has 0 spiro atoms. The molecule has 0 unspecified atom stereocenters. The number of hydrogen-bond donors (Lipinski definition) is 0. The van der Waals surface area contributed by atoms with Crippen molar-refractivity contribution in [3.8, 4) is 0 Å². The van der Waals surface area contributed by atoms with Crippen LogP contribution in [0.4, 0.5) is 0 Å². The van der Waals surface area contributed by atoms with Crippen LogP contribution in [0.25, 0.3) is 0 Å². The molecule has 0 saturated heterocycles. The van der Waals surface area contributed by atoms with Gasteiger partial charge in [0.2, 0.25) is 0 Å². The summed E-state index contributed by atoms with van der Waals surface area (Å²) >= 11 is 0. The van der Waals surface area contributed by atoms with Gasteiger partial charge in [-0.2, -0.15) is 0 Å². The lowest BCUT2D eigenvalue weighted by atomic mass is 9.80. The van der Waals surface area contributed by atoms with E-state index in [0.717, 1.165) is 0 Å². The summed E-state index contributed by atoms with van der Waals surface area (Å²) in [6.45, 7) is 2.30. The monoisotopic (exact) mass is 192 g/mol. The Morgan fingerprint density at radius 3 is 2.86 bits per heavy atom. The third-order valence-electron chi connectivity index (χ3n) is 3.48. The van der Waals surface area contributed by atoms with Gasteiger partial charge >= 0.3 is 0 Å². The first kappa shape index (κ1) is 9.97. The van der Waals surface area contributed by atoms with E-state index in [-0.39, 0.29) is 0 Å². The van der Waals surface area contributed by atoms with Gasteiger partial charge in [0.15, 0.2) is 0 Å². The van der Waals surface area contributed by atoms with Crippen molar-refractivity contribution in [2.75, 3.05) is 7.11 Å². The Bertz CT molecular complexity index is 262. The van der Waals surface area contributed by atoms with E-state index < -0.39 is 0 Å². The topological polar surface area (TPSA) is 9.23 Å². The van der Waals surface area contributed by atoms with Crippen molar-refractivity contribution < 1.29 is 4.74 Å². The summed E-state index contributed by atoms with van der Waals surface area (Å²) in [4.78, 5) is 0. The summed E-state index contributed by atoms with van der Waals surface area (Å²) in [6.07, 6.45) is 11.5. The fraction of sp³-hybridized carbons (Fsp3) is 0.692. The summed E-state index contributed by atoms with van der Waals surface area (Å²) in [6, 6.07) is 0. The average Bonchev–Trinajstić information content (AvgIpc) is 2.42. The number of hydrogen-bond acceptors (Lipinski definition) is 1. The van der Waals surface area contributed by atoms with Crippen LogP contribution >= 0.6 is 0 Å². The molecule has 0 aromatic heterocycles. The maximum Gasteiger partial charge on any atom is 0.0846 e. The van der Waals surface area contributed by atoms with E-state index in [2.05, 4.69) is 19.1 Å². The molecule has 1 saturated carbocycles. The molecule has 2 atom stereocenters. The highest BCUT2D eigenvalue weighted by atomic mass is 16.5. The third-order valence-corrected chi connectivity index (χ3v) is 3.48. The van der Waals surface area contributed by atoms with Crippen molar-refractivity contribution in [1.82, 2.24) is 0 Å². The van der Waals surface area contributed by atoms with Gasteiger partial charge < -0.3 is 4.74 Å². The molecular formula is C13H20O. The smallest absolute Gasteiger partial charge is 0.0846 e. The number of rotatable bonds is 1. The fourth-order valence-electron chi connectivity index (χ4n) is 2.65. The van der Waals surface area contributed by atoms with Crippen molar-refractivity contribution in [1.29, 1.82) is 0 Å². The lowest BCUT2D eigenvalue weighted by Gasteiger charge is -2.32. The maximum atomic E-state index is 5.62. The van der Waals surface area contributed by atoms with Crippen LogP contribution in [-0.4, -0.2) is 13.2 Å². The van der Waals surface area contributed by atoms with Crippen LogP contribution in [0, 0.1) is 5.92 Å². The van der Waals surface area contributed by atoms with Gasteiger partial charge in [-0.15, -0.1) is 0 Å². The van der Waals surface area contributed by atoms with Crippen molar-refractivity contribution in [3.63, 3.8) is 0 Å². The highest BCUT2D eigenvalue weighted by Gasteiger charge is 2.28. The number of methoxy groups -OCH3 is 1. The summed E-state index contributed by atoms with van der Waals surface area (Å²) < 4.78 is 5.62. The Morgan fingerprint density at radius 2 is 2.07 bits per heavy atom. The molecule has 2 aliphatic rings. The lowest BCUT2D eigenvalue weighted by Crippen LogP contribution is -2.28. The molecule has 1 fully saturated rings. The van der Waals surface area contributed by atoms with Crippen LogP contribution in [0.1, 0.15) is 39.0 Å². The van der Waals surface area contributed by atoms with Gasteiger partial charge in [0.05, 0.1) is 6.10 Å². The predicted molar refractivity (Wildman–Crippen MR) is 59.2 cm³/mol. The second kappa shape index (κ2) is 4.31. The van der Waals surface area contributed by atoms with E-state index in [9.17, 15) is 0 Å². The predicted octanol–water partition coefficient (Wildman–Crippen LogP) is 3.47. The van der Waals surface area contributed by atoms with E-state index in [1.807, 2.05) is 7.11 Å². The number of allylic oxidation sites excluding steroid dienone is 2. The highest BCUT2D eigenvalue weighted by molar-refractivity contribution is 5.38. The first-order valence-corrected chi connectivity index (χ1v) is 5.75. The molecule has 1 heteroatoms. The molecule has 0 N–H and O–H groups in total. The van der Waals surface area contributed by atoms with Crippen molar-refractivity contribution in [2.45, 2.75) is 45.1 Å². The van der Waals surface area contributed by atoms with Gasteiger partial charge in [0.1, 0.15) is 0 Å². The van der Waals surface area contributed by atoms with Crippen LogP contribution in [0.5, 0.6) is 0 Å². The zero-order chi connectivity index (χ0) is 9.97. The van der Waals surface area contributed by atoms with Crippen molar-refractivity contribution in [2.24, 2.45) is 5.92 Å². The fourth-order valence-corrected chi connectivity index (χ4v) is 2.65. The molecule has 14 heavy (non-hydrogen) atoms. The lowest BCUT2D eigenvalue weighted by molar-refractivity contribution is 0.0775. The Morgan fingerprint density at radius 1 is 1.29 bits per heavy atom. The van der Waals surface area contributed by atoms with Crippen molar-refractivity contribution >= 4 is 0 Å². The normalized spacial score (nSPS) is 32.7. The SMILES string of the molecule is CO[C@H]1C2=CCCCC=C2CC[C@H]1C. The van der Waals surface area contributed by atoms with E-state index >= 15 is 0 Å². The van der Waals surface area contributed by atoms with Crippen LogP contribution < -0.4 is 0 Å². The largest absolute Gasteiger partial charge is 0.376 e. The van der Waals surface area contributed by atoms with Crippen LogP contribution in [0.15, 0.2) is 23.3 Å². The van der Waals surface area contributed by atoms with Gasteiger partial charge in [0.25, 0.3) is 0 Å². The van der Waals surface area contributed by atoms with Crippen molar-refractivity contribution in [3.05, 3.63) is 23.3 Å². The van der Waals surface area contributed by atoms with Crippen LogP contribution in [0.3, 0.4) is 0 Å². The van der Waals surface area contributed by atoms with E-state index in [0.29, 0.717) is 12.0 Å². The van der Waals surface area contributed by atoms with Gasteiger partial charge in [-0.25, -0.2) is 0 Å². The average molecular weight is 192 g/mol. The standard InChI is InChI=1S/C13H20O/c1-10-8-9-11-6-4-3-5-7-12(11)13(10)14-2/h6-7,10,13H,3-5,8-9H2,1-2H3/t10-,13-/m1/s1. The molecule has 1 nitrogen and oxygen atoms in total. The van der Waals surface area contributed by atoms with Crippen LogP contribution in [0.2, 0.25) is 0 Å². The second-order valence-electron chi connectivity index (χ2n) is 4.49. The van der Waals surface area contributed by atoms with Gasteiger partial charge in [-0.3, -0.25) is 0 Å². The molecule has 0 heterocycles. The summed E-state index contributed by atoms with van der Waals surface area (Å²) in [5.74, 6) is 0.682. The zero-order valence-electron chi connectivity index (χ0n) is 9.25. The maximum absolute atomic E-state index is 5.62. The number of ether oxygens (including phenoxy) is 1. The highest BCUT2D eigenvalue weighted by Crippen LogP contribution is 2.36. The molecule has 2 aliphatic carbocycles. The summed E-state index contributed by atoms with van der Waals surface area (Å²) in [5, 5.41) is 0. The Hall–Kier alpha value is -0.560. The Labute approximate surface area is 86.8 Å². The Kier molecular flexibility index (Phi) is 3.07. The summed E-state index contributed by atoms with van der Waals surface area (Å²) in [5.41, 5.74) is 3.05. The molecule has 0 amide bonds. The molecule has 0 aromatic carbocycles. The molecule has 2 rings (SSSR count). The summed E-state index contributed by atoms with van der Waals surface area (Å²) in [7, 11) is 1.84. The molecule has 0 bridgehead atoms. The van der Waals surface area contributed by atoms with E-state index in [4.69, 9.17) is 4.74 Å². The minimum Gasteiger partial charge on any atom is -0.376 e. The van der Waals surface area contributed by atoms with Gasteiger partial charge in [-0.1, -0.05) is 19.1 Å². The third kappa shape index (κ3) is 1.78. The van der Waals surface area contributed by atoms with E-state index in [1.54, 1.807) is 5.57 Å². The molecule has 0 aliphatic heterocycles. The van der Waals surface area contributed by atoms with Gasteiger partial charge in [-0.05, 0) is 49.2 Å². The quantitative estimate of drug-likeness (QED) is 0.618. The minimum absolute atomic E-state index is 0.355. The minimum atomic E-state index is 0.355. The van der Waals surface area contributed by atoms with Gasteiger partial charge in [0, 0.05) is 7.11 Å². The first-order valence-electron chi connectivity index (χ1n) is 5.75. The van der Waals surface area contributed by atoms with Crippen LogP contribution in [-0.2, 0) is 4.74 Å². The first-order chi connectivity index (χ1) is 6.83. The molecule has 78 valence electrons. The molecular weight excluding hydrogens is 172 g/mol. The Balaban J connectivity index is 2.26. The molecule has 0 aromatic rings.